The third-order valence-corrected chi connectivity index (χ3v) is 3.13. The standard InChI is InChI=1S/C16H26N2O2/c1-3-4-8-11-17-16(19)18(12-13-20-2)14-15-9-6-5-7-10-15/h5-7,9-10H,3-4,8,11-14H2,1-2H3,(H,17,19). The first-order valence-corrected chi connectivity index (χ1v) is 7.33. The van der Waals surface area contributed by atoms with Crippen LogP contribution in [0, 0.1) is 0 Å². The molecule has 1 aromatic rings. The summed E-state index contributed by atoms with van der Waals surface area (Å²) in [5.74, 6) is 0. The van der Waals surface area contributed by atoms with Crippen LogP contribution < -0.4 is 5.32 Å². The van der Waals surface area contributed by atoms with Crippen LogP contribution in [0.5, 0.6) is 0 Å². The smallest absolute Gasteiger partial charge is 0.317 e. The minimum absolute atomic E-state index is 0.0120. The van der Waals surface area contributed by atoms with Crippen LogP contribution >= 0.6 is 0 Å². The summed E-state index contributed by atoms with van der Waals surface area (Å²) in [7, 11) is 1.65. The van der Waals surface area contributed by atoms with Crippen molar-refractivity contribution in [3.63, 3.8) is 0 Å². The number of carbonyl (C=O) groups is 1. The van der Waals surface area contributed by atoms with Gasteiger partial charge in [0, 0.05) is 26.7 Å². The fourth-order valence-corrected chi connectivity index (χ4v) is 1.94. The summed E-state index contributed by atoms with van der Waals surface area (Å²) in [5.41, 5.74) is 1.13. The van der Waals surface area contributed by atoms with E-state index in [-0.39, 0.29) is 6.03 Å². The van der Waals surface area contributed by atoms with Crippen LogP contribution in [-0.4, -0.2) is 37.7 Å². The van der Waals surface area contributed by atoms with Gasteiger partial charge in [-0.15, -0.1) is 0 Å². The average molecular weight is 278 g/mol. The molecule has 0 unspecified atom stereocenters. The van der Waals surface area contributed by atoms with Gasteiger partial charge in [-0.05, 0) is 12.0 Å². The third kappa shape index (κ3) is 6.57. The fourth-order valence-electron chi connectivity index (χ4n) is 1.94. The van der Waals surface area contributed by atoms with Crippen LogP contribution in [0.15, 0.2) is 30.3 Å². The molecule has 2 amide bonds. The number of methoxy groups -OCH3 is 1. The molecule has 0 atom stereocenters. The Morgan fingerprint density at radius 3 is 2.65 bits per heavy atom. The van der Waals surface area contributed by atoms with Gasteiger partial charge in [0.05, 0.1) is 6.61 Å². The highest BCUT2D eigenvalue weighted by molar-refractivity contribution is 5.74. The molecular formula is C16H26N2O2. The van der Waals surface area contributed by atoms with Crippen molar-refractivity contribution in [1.82, 2.24) is 10.2 Å². The minimum atomic E-state index is -0.0120. The Balaban J connectivity index is 2.47. The normalized spacial score (nSPS) is 10.3. The van der Waals surface area contributed by atoms with Gasteiger partial charge in [-0.2, -0.15) is 0 Å². The van der Waals surface area contributed by atoms with E-state index >= 15 is 0 Å². The van der Waals surface area contributed by atoms with Crippen molar-refractivity contribution in [2.75, 3.05) is 26.8 Å². The van der Waals surface area contributed by atoms with E-state index in [9.17, 15) is 4.79 Å². The minimum Gasteiger partial charge on any atom is -0.383 e. The number of nitrogens with one attached hydrogen (secondary N) is 1. The molecule has 4 heteroatoms. The molecule has 112 valence electrons. The molecule has 1 rings (SSSR count). The van der Waals surface area contributed by atoms with Crippen molar-refractivity contribution in [2.24, 2.45) is 0 Å². The van der Waals surface area contributed by atoms with E-state index in [4.69, 9.17) is 4.74 Å². The van der Waals surface area contributed by atoms with E-state index in [0.717, 1.165) is 31.4 Å². The van der Waals surface area contributed by atoms with E-state index < -0.39 is 0 Å². The lowest BCUT2D eigenvalue weighted by Gasteiger charge is -2.23. The molecule has 0 fully saturated rings. The van der Waals surface area contributed by atoms with E-state index in [2.05, 4.69) is 12.2 Å². The predicted molar refractivity (Wildman–Crippen MR) is 81.7 cm³/mol. The van der Waals surface area contributed by atoms with Crippen LogP contribution in [0.25, 0.3) is 0 Å². The number of hydrogen-bond acceptors (Lipinski definition) is 2. The van der Waals surface area contributed by atoms with Crippen LogP contribution in [0.4, 0.5) is 4.79 Å². The van der Waals surface area contributed by atoms with Crippen molar-refractivity contribution in [3.05, 3.63) is 35.9 Å². The SMILES string of the molecule is CCCCCNC(=O)N(CCOC)Cc1ccccc1. The van der Waals surface area contributed by atoms with Crippen molar-refractivity contribution < 1.29 is 9.53 Å². The molecule has 4 nitrogen and oxygen atoms in total. The zero-order valence-corrected chi connectivity index (χ0v) is 12.6. The summed E-state index contributed by atoms with van der Waals surface area (Å²) in [6.45, 7) is 4.66. The van der Waals surface area contributed by atoms with E-state index in [0.29, 0.717) is 19.7 Å². The number of hydrogen-bond donors (Lipinski definition) is 1. The molecule has 1 N–H and O–H groups in total. The number of benzene rings is 1. The Morgan fingerprint density at radius 2 is 2.00 bits per heavy atom. The highest BCUT2D eigenvalue weighted by Gasteiger charge is 2.12. The highest BCUT2D eigenvalue weighted by Crippen LogP contribution is 2.05. The first kappa shape index (κ1) is 16.5. The van der Waals surface area contributed by atoms with Gasteiger partial charge < -0.3 is 15.0 Å². The topological polar surface area (TPSA) is 41.6 Å². The lowest BCUT2D eigenvalue weighted by atomic mass is 10.2. The van der Waals surface area contributed by atoms with E-state index in [1.807, 2.05) is 30.3 Å². The zero-order valence-electron chi connectivity index (χ0n) is 12.6. The molecule has 0 saturated carbocycles. The molecule has 0 saturated heterocycles. The van der Waals surface area contributed by atoms with Gasteiger partial charge in [0.15, 0.2) is 0 Å². The molecule has 0 aliphatic carbocycles. The molecule has 0 aliphatic rings. The summed E-state index contributed by atoms with van der Waals surface area (Å²) >= 11 is 0. The zero-order chi connectivity index (χ0) is 14.6. The molecule has 0 aliphatic heterocycles. The maximum atomic E-state index is 12.2. The number of nitrogens with zero attached hydrogens (tertiary/aromatic N) is 1. The Hall–Kier alpha value is -1.55. The van der Waals surface area contributed by atoms with Crippen molar-refractivity contribution in [2.45, 2.75) is 32.7 Å². The van der Waals surface area contributed by atoms with Crippen LogP contribution in [-0.2, 0) is 11.3 Å². The first-order chi connectivity index (χ1) is 9.77. The van der Waals surface area contributed by atoms with Crippen LogP contribution in [0.1, 0.15) is 31.7 Å². The summed E-state index contributed by atoms with van der Waals surface area (Å²) < 4.78 is 5.08. The summed E-state index contributed by atoms with van der Waals surface area (Å²) in [4.78, 5) is 14.0. The molecule has 0 spiro atoms. The Morgan fingerprint density at radius 1 is 1.25 bits per heavy atom. The Bertz CT molecular complexity index is 368. The van der Waals surface area contributed by atoms with Crippen molar-refractivity contribution in [3.8, 4) is 0 Å². The molecule has 0 aromatic heterocycles. The van der Waals surface area contributed by atoms with Crippen LogP contribution in [0.3, 0.4) is 0 Å². The molecule has 0 heterocycles. The van der Waals surface area contributed by atoms with Gasteiger partial charge in [0.25, 0.3) is 0 Å². The number of urea groups is 1. The molecule has 20 heavy (non-hydrogen) atoms. The lowest BCUT2D eigenvalue weighted by molar-refractivity contribution is 0.146. The van der Waals surface area contributed by atoms with E-state index in [1.54, 1.807) is 12.0 Å². The van der Waals surface area contributed by atoms with Gasteiger partial charge in [0.1, 0.15) is 0 Å². The van der Waals surface area contributed by atoms with Gasteiger partial charge >= 0.3 is 6.03 Å². The lowest BCUT2D eigenvalue weighted by Crippen LogP contribution is -2.41. The van der Waals surface area contributed by atoms with Gasteiger partial charge in [-0.3, -0.25) is 0 Å². The quantitative estimate of drug-likeness (QED) is 0.705. The predicted octanol–water partition coefficient (Wildman–Crippen LogP) is 3.03. The van der Waals surface area contributed by atoms with Gasteiger partial charge in [-0.25, -0.2) is 4.79 Å². The second-order valence-electron chi connectivity index (χ2n) is 4.84. The summed E-state index contributed by atoms with van der Waals surface area (Å²) in [6, 6.07) is 10.0. The third-order valence-electron chi connectivity index (χ3n) is 3.13. The Labute approximate surface area is 122 Å². The van der Waals surface area contributed by atoms with Crippen molar-refractivity contribution >= 4 is 6.03 Å². The number of rotatable bonds is 9. The number of ether oxygens (including phenoxy) is 1. The van der Waals surface area contributed by atoms with Crippen molar-refractivity contribution in [1.29, 1.82) is 0 Å². The second-order valence-corrected chi connectivity index (χ2v) is 4.84. The highest BCUT2D eigenvalue weighted by atomic mass is 16.5. The largest absolute Gasteiger partial charge is 0.383 e. The second kappa shape index (κ2) is 10.3. The molecular weight excluding hydrogens is 252 g/mol. The first-order valence-electron chi connectivity index (χ1n) is 7.33. The summed E-state index contributed by atoms with van der Waals surface area (Å²) in [6.07, 6.45) is 3.34. The maximum absolute atomic E-state index is 12.2. The molecule has 0 bridgehead atoms. The fraction of sp³-hybridized carbons (Fsp3) is 0.562. The molecule has 0 radical (unpaired) electrons. The van der Waals surface area contributed by atoms with E-state index in [1.165, 1.54) is 0 Å². The monoisotopic (exact) mass is 278 g/mol. The summed E-state index contributed by atoms with van der Waals surface area (Å²) in [5, 5.41) is 2.98. The average Bonchev–Trinajstić information content (AvgIpc) is 2.48. The Kier molecular flexibility index (Phi) is 8.47. The maximum Gasteiger partial charge on any atom is 0.317 e. The number of amides is 2. The number of carbonyl (C=O) groups excluding carboxylic acids is 1. The van der Waals surface area contributed by atoms with Gasteiger partial charge in [-0.1, -0.05) is 50.1 Å². The number of unbranched alkanes of at least 4 members (excludes halogenated alkanes) is 2. The molecule has 1 aromatic carbocycles. The van der Waals surface area contributed by atoms with Crippen LogP contribution in [0.2, 0.25) is 0 Å². The van der Waals surface area contributed by atoms with Gasteiger partial charge in [0.2, 0.25) is 0 Å².